The van der Waals surface area contributed by atoms with Gasteiger partial charge in [-0.05, 0) is 17.7 Å². The lowest BCUT2D eigenvalue weighted by molar-refractivity contribution is -0.138. The van der Waals surface area contributed by atoms with Crippen LogP contribution in [0.5, 0.6) is 0 Å². The van der Waals surface area contributed by atoms with E-state index in [4.69, 9.17) is 5.11 Å². The summed E-state index contributed by atoms with van der Waals surface area (Å²) in [6.07, 6.45) is -6.48. The van der Waals surface area contributed by atoms with Crippen LogP contribution >= 0.6 is 0 Å². The van der Waals surface area contributed by atoms with Crippen molar-refractivity contribution in [2.24, 2.45) is 0 Å². The molecule has 1 saturated heterocycles. The van der Waals surface area contributed by atoms with E-state index in [0.717, 1.165) is 6.07 Å². The maximum absolute atomic E-state index is 12.8. The zero-order chi connectivity index (χ0) is 14.2. The molecule has 0 bridgehead atoms. The van der Waals surface area contributed by atoms with Crippen LogP contribution in [0.25, 0.3) is 0 Å². The van der Waals surface area contributed by atoms with E-state index in [2.05, 4.69) is 0 Å². The van der Waals surface area contributed by atoms with Gasteiger partial charge in [0.2, 0.25) is 0 Å². The topological polar surface area (TPSA) is 63.9 Å². The van der Waals surface area contributed by atoms with Crippen molar-refractivity contribution in [3.05, 3.63) is 29.3 Å². The van der Waals surface area contributed by atoms with Crippen molar-refractivity contribution in [2.45, 2.75) is 25.0 Å². The number of benzene rings is 1. The van der Waals surface area contributed by atoms with Crippen LogP contribution in [0.1, 0.15) is 11.1 Å². The van der Waals surface area contributed by atoms with Crippen LogP contribution < -0.4 is 4.90 Å². The van der Waals surface area contributed by atoms with Gasteiger partial charge in [-0.15, -0.1) is 0 Å². The SMILES string of the molecule is OCc1ccc(N2CC(O)C(O)C2)cc1C(F)(F)F. The molecule has 1 aromatic rings. The molecule has 1 aromatic carbocycles. The molecule has 1 aliphatic heterocycles. The summed E-state index contributed by atoms with van der Waals surface area (Å²) in [6.45, 7) is -0.533. The minimum Gasteiger partial charge on any atom is -0.392 e. The Kier molecular flexibility index (Phi) is 3.71. The zero-order valence-electron chi connectivity index (χ0n) is 9.93. The first-order chi connectivity index (χ1) is 8.82. The van der Waals surface area contributed by atoms with Gasteiger partial charge in [-0.3, -0.25) is 0 Å². The highest BCUT2D eigenvalue weighted by Crippen LogP contribution is 2.35. The van der Waals surface area contributed by atoms with Gasteiger partial charge in [0.25, 0.3) is 0 Å². The van der Waals surface area contributed by atoms with Crippen LogP contribution in [-0.2, 0) is 12.8 Å². The molecule has 1 aliphatic rings. The van der Waals surface area contributed by atoms with E-state index in [1.165, 1.54) is 17.0 Å². The summed E-state index contributed by atoms with van der Waals surface area (Å²) in [4.78, 5) is 1.48. The van der Waals surface area contributed by atoms with Gasteiger partial charge >= 0.3 is 6.18 Å². The van der Waals surface area contributed by atoms with Crippen molar-refractivity contribution >= 4 is 5.69 Å². The summed E-state index contributed by atoms with van der Waals surface area (Å²) in [6, 6.07) is 3.57. The summed E-state index contributed by atoms with van der Waals surface area (Å²) in [7, 11) is 0. The number of rotatable bonds is 2. The lowest BCUT2D eigenvalue weighted by Gasteiger charge is -2.20. The molecule has 1 heterocycles. The number of anilines is 1. The normalized spacial score (nSPS) is 24.0. The molecule has 0 aromatic heterocycles. The lowest BCUT2D eigenvalue weighted by Crippen LogP contribution is -2.22. The van der Waals surface area contributed by atoms with Crippen molar-refractivity contribution < 1.29 is 28.5 Å². The van der Waals surface area contributed by atoms with Crippen molar-refractivity contribution in [1.29, 1.82) is 0 Å². The largest absolute Gasteiger partial charge is 0.416 e. The number of β-amino-alcohol motifs (C(OH)–C–C–N with tert-alkyl or cyclic N) is 2. The van der Waals surface area contributed by atoms with Crippen molar-refractivity contribution in [3.8, 4) is 0 Å². The Bertz CT molecular complexity index is 454. The number of halogens is 3. The standard InChI is InChI=1S/C12H14F3NO3/c13-12(14,15)9-3-8(2-1-7(9)6-17)16-4-10(18)11(19)5-16/h1-3,10-11,17-19H,4-6H2. The van der Waals surface area contributed by atoms with E-state index in [9.17, 15) is 23.4 Å². The van der Waals surface area contributed by atoms with Gasteiger partial charge in [-0.25, -0.2) is 0 Å². The Hall–Kier alpha value is -1.31. The Morgan fingerprint density at radius 1 is 1.16 bits per heavy atom. The molecule has 7 heteroatoms. The first-order valence-electron chi connectivity index (χ1n) is 5.75. The van der Waals surface area contributed by atoms with Crippen molar-refractivity contribution in [1.82, 2.24) is 0 Å². The Labute approximate surface area is 107 Å². The summed E-state index contributed by atoms with van der Waals surface area (Å²) in [5, 5.41) is 27.7. The molecule has 1 fully saturated rings. The monoisotopic (exact) mass is 277 g/mol. The molecule has 0 amide bonds. The predicted molar refractivity (Wildman–Crippen MR) is 61.6 cm³/mol. The summed E-state index contributed by atoms with van der Waals surface area (Å²) in [5.74, 6) is 0. The number of alkyl halides is 3. The smallest absolute Gasteiger partial charge is 0.392 e. The van der Waals surface area contributed by atoms with Crippen LogP contribution in [-0.4, -0.2) is 40.6 Å². The van der Waals surface area contributed by atoms with E-state index < -0.39 is 30.6 Å². The number of nitrogens with zero attached hydrogens (tertiary/aromatic N) is 1. The van der Waals surface area contributed by atoms with Crippen LogP contribution in [0.15, 0.2) is 18.2 Å². The van der Waals surface area contributed by atoms with Crippen molar-refractivity contribution in [2.75, 3.05) is 18.0 Å². The van der Waals surface area contributed by atoms with Gasteiger partial charge in [0.1, 0.15) is 0 Å². The first-order valence-corrected chi connectivity index (χ1v) is 5.75. The Morgan fingerprint density at radius 2 is 1.74 bits per heavy atom. The van der Waals surface area contributed by atoms with Crippen LogP contribution in [0.4, 0.5) is 18.9 Å². The van der Waals surface area contributed by atoms with Crippen LogP contribution in [0, 0.1) is 0 Å². The van der Waals surface area contributed by atoms with E-state index >= 15 is 0 Å². The first kappa shape index (κ1) is 14.1. The minimum atomic E-state index is -4.55. The van der Waals surface area contributed by atoms with E-state index in [-0.39, 0.29) is 24.3 Å². The Morgan fingerprint density at radius 3 is 2.21 bits per heavy atom. The fourth-order valence-corrected chi connectivity index (χ4v) is 2.14. The fourth-order valence-electron chi connectivity index (χ4n) is 2.14. The Balaban J connectivity index is 2.34. The van der Waals surface area contributed by atoms with E-state index in [1.807, 2.05) is 0 Å². The summed E-state index contributed by atoms with van der Waals surface area (Å²) < 4.78 is 38.5. The molecule has 4 nitrogen and oxygen atoms in total. The predicted octanol–water partition coefficient (Wildman–Crippen LogP) is 0.739. The molecular formula is C12H14F3NO3. The third-order valence-electron chi connectivity index (χ3n) is 3.19. The molecule has 2 atom stereocenters. The summed E-state index contributed by atoms with van der Waals surface area (Å²) >= 11 is 0. The van der Waals surface area contributed by atoms with Gasteiger partial charge in [-0.1, -0.05) is 6.07 Å². The fraction of sp³-hybridized carbons (Fsp3) is 0.500. The van der Waals surface area contributed by atoms with E-state index in [0.29, 0.717) is 0 Å². The molecule has 0 radical (unpaired) electrons. The minimum absolute atomic E-state index is 0.0803. The molecule has 3 N–H and O–H groups in total. The number of aliphatic hydroxyl groups excluding tert-OH is 3. The average Bonchev–Trinajstić information content (AvgIpc) is 2.68. The van der Waals surface area contributed by atoms with Gasteiger partial charge < -0.3 is 20.2 Å². The highest BCUT2D eigenvalue weighted by molar-refractivity contribution is 5.53. The summed E-state index contributed by atoms with van der Waals surface area (Å²) in [5.41, 5.74) is -0.833. The van der Waals surface area contributed by atoms with Crippen molar-refractivity contribution in [3.63, 3.8) is 0 Å². The molecule has 2 unspecified atom stereocenters. The molecule has 0 saturated carbocycles. The number of hydrogen-bond acceptors (Lipinski definition) is 4. The quantitative estimate of drug-likeness (QED) is 0.746. The van der Waals surface area contributed by atoms with Gasteiger partial charge in [0, 0.05) is 18.8 Å². The zero-order valence-corrected chi connectivity index (χ0v) is 9.93. The highest BCUT2D eigenvalue weighted by atomic mass is 19.4. The molecule has 19 heavy (non-hydrogen) atoms. The van der Waals surface area contributed by atoms with Gasteiger partial charge in [-0.2, -0.15) is 13.2 Å². The third kappa shape index (κ3) is 2.83. The second-order valence-electron chi connectivity index (χ2n) is 4.54. The molecular weight excluding hydrogens is 263 g/mol. The third-order valence-corrected chi connectivity index (χ3v) is 3.19. The number of hydrogen-bond donors (Lipinski definition) is 3. The average molecular weight is 277 g/mol. The molecule has 106 valence electrons. The molecule has 0 spiro atoms. The van der Waals surface area contributed by atoms with E-state index in [1.54, 1.807) is 0 Å². The second kappa shape index (κ2) is 4.99. The highest BCUT2D eigenvalue weighted by Gasteiger charge is 2.35. The van der Waals surface area contributed by atoms with Gasteiger partial charge in [0.05, 0.1) is 24.4 Å². The van der Waals surface area contributed by atoms with Crippen LogP contribution in [0.2, 0.25) is 0 Å². The van der Waals surface area contributed by atoms with Gasteiger partial charge in [0.15, 0.2) is 0 Å². The second-order valence-corrected chi connectivity index (χ2v) is 4.54. The maximum Gasteiger partial charge on any atom is 0.416 e. The lowest BCUT2D eigenvalue weighted by atomic mass is 10.1. The molecule has 2 rings (SSSR count). The number of aliphatic hydroxyl groups is 3. The maximum atomic E-state index is 12.8. The molecule has 0 aliphatic carbocycles. The van der Waals surface area contributed by atoms with Crippen LogP contribution in [0.3, 0.4) is 0 Å².